The molecule has 92 valence electrons. The highest BCUT2D eigenvalue weighted by atomic mass is 32.2. The van der Waals surface area contributed by atoms with E-state index in [1.54, 1.807) is 11.8 Å². The molecule has 5 nitrogen and oxygen atoms in total. The second kappa shape index (κ2) is 9.41. The van der Waals surface area contributed by atoms with Gasteiger partial charge in [0.1, 0.15) is 0 Å². The molecule has 0 saturated carbocycles. The van der Waals surface area contributed by atoms with Crippen LogP contribution in [0.5, 0.6) is 0 Å². The van der Waals surface area contributed by atoms with E-state index in [9.17, 15) is 9.59 Å². The van der Waals surface area contributed by atoms with E-state index < -0.39 is 11.8 Å². The molecular formula is C9H17N3O2S2. The smallest absolute Gasteiger partial charge is 0.309 e. The molecule has 0 aromatic heterocycles. The summed E-state index contributed by atoms with van der Waals surface area (Å²) >= 11 is 6.32. The summed E-state index contributed by atoms with van der Waals surface area (Å²) in [5.74, 6) is -0.276. The SMILES string of the molecule is CSCCCCNC(=O)C(=O)NCC(N)=S. The number of thiocarbonyl (C=S) groups is 1. The number of carbonyl (C=O) groups is 2. The number of unbranched alkanes of at least 4 members (excludes halogenated alkanes) is 1. The molecule has 0 aliphatic carbocycles. The number of thioether (sulfide) groups is 1. The summed E-state index contributed by atoms with van der Waals surface area (Å²) in [5.41, 5.74) is 5.18. The van der Waals surface area contributed by atoms with Gasteiger partial charge in [0.05, 0.1) is 11.5 Å². The standard InChI is InChI=1S/C9H17N3O2S2/c1-16-5-3-2-4-11-8(13)9(14)12-6-7(10)15/h2-6H2,1H3,(H2,10,15)(H,11,13)(H,12,14). The van der Waals surface area contributed by atoms with Crippen LogP contribution in [-0.2, 0) is 9.59 Å². The Labute approximate surface area is 105 Å². The molecule has 0 heterocycles. The number of carbonyl (C=O) groups excluding carboxylic acids is 2. The van der Waals surface area contributed by atoms with Crippen LogP contribution in [0.15, 0.2) is 0 Å². The third kappa shape index (κ3) is 8.49. The first-order valence-corrected chi connectivity index (χ1v) is 6.71. The predicted molar refractivity (Wildman–Crippen MR) is 70.4 cm³/mol. The first-order valence-electron chi connectivity index (χ1n) is 4.91. The Morgan fingerprint density at radius 3 is 2.44 bits per heavy atom. The molecule has 0 rings (SSSR count). The van der Waals surface area contributed by atoms with Crippen LogP contribution in [-0.4, -0.2) is 41.9 Å². The van der Waals surface area contributed by atoms with E-state index in [-0.39, 0.29) is 11.5 Å². The number of hydrogen-bond acceptors (Lipinski definition) is 4. The number of nitrogens with two attached hydrogens (primary N) is 1. The van der Waals surface area contributed by atoms with Crippen molar-refractivity contribution in [2.24, 2.45) is 5.73 Å². The van der Waals surface area contributed by atoms with Crippen LogP contribution < -0.4 is 16.4 Å². The largest absolute Gasteiger partial charge is 0.392 e. The van der Waals surface area contributed by atoms with Crippen molar-refractivity contribution in [1.82, 2.24) is 10.6 Å². The fourth-order valence-electron chi connectivity index (χ4n) is 0.901. The predicted octanol–water partition coefficient (Wildman–Crippen LogP) is -0.352. The lowest BCUT2D eigenvalue weighted by Gasteiger charge is -2.05. The maximum absolute atomic E-state index is 11.2. The average molecular weight is 263 g/mol. The molecule has 2 amide bonds. The van der Waals surface area contributed by atoms with Crippen molar-refractivity contribution in [3.05, 3.63) is 0 Å². The average Bonchev–Trinajstić information content (AvgIpc) is 2.25. The maximum Gasteiger partial charge on any atom is 0.309 e. The summed E-state index contributed by atoms with van der Waals surface area (Å²) in [4.78, 5) is 22.5. The topological polar surface area (TPSA) is 84.2 Å². The summed E-state index contributed by atoms with van der Waals surface area (Å²) in [6.45, 7) is 0.563. The number of amides is 2. The third-order valence-electron chi connectivity index (χ3n) is 1.69. The van der Waals surface area contributed by atoms with Gasteiger partial charge in [0.2, 0.25) is 0 Å². The minimum absolute atomic E-state index is 0.0497. The van der Waals surface area contributed by atoms with Gasteiger partial charge in [0.25, 0.3) is 0 Å². The Hall–Kier alpha value is -0.820. The Balaban J connectivity index is 3.55. The van der Waals surface area contributed by atoms with Gasteiger partial charge in [-0.05, 0) is 24.9 Å². The second-order valence-corrected chi connectivity index (χ2v) is 4.61. The highest BCUT2D eigenvalue weighted by molar-refractivity contribution is 7.98. The monoisotopic (exact) mass is 263 g/mol. The zero-order valence-corrected chi connectivity index (χ0v) is 10.9. The number of hydrogen-bond donors (Lipinski definition) is 3. The fraction of sp³-hybridized carbons (Fsp3) is 0.667. The molecule has 0 spiro atoms. The normalized spacial score (nSPS) is 9.56. The Bertz CT molecular complexity index is 259. The van der Waals surface area contributed by atoms with Crippen LogP contribution in [0.1, 0.15) is 12.8 Å². The quantitative estimate of drug-likeness (QED) is 0.332. The first kappa shape index (κ1) is 15.2. The van der Waals surface area contributed by atoms with E-state index in [1.807, 2.05) is 6.26 Å². The molecule has 0 fully saturated rings. The van der Waals surface area contributed by atoms with E-state index in [2.05, 4.69) is 22.9 Å². The van der Waals surface area contributed by atoms with Crippen molar-refractivity contribution in [2.45, 2.75) is 12.8 Å². The molecule has 16 heavy (non-hydrogen) atoms. The van der Waals surface area contributed by atoms with Gasteiger partial charge in [0, 0.05) is 6.54 Å². The number of nitrogens with one attached hydrogen (secondary N) is 2. The lowest BCUT2D eigenvalue weighted by atomic mass is 10.3. The zero-order valence-electron chi connectivity index (χ0n) is 9.25. The Morgan fingerprint density at radius 2 is 1.88 bits per heavy atom. The molecule has 0 aromatic carbocycles. The van der Waals surface area contributed by atoms with E-state index in [4.69, 9.17) is 5.73 Å². The Kier molecular flexibility index (Phi) is 8.93. The third-order valence-corrected chi connectivity index (χ3v) is 2.53. The van der Waals surface area contributed by atoms with Crippen LogP contribution >= 0.6 is 24.0 Å². The van der Waals surface area contributed by atoms with Crippen LogP contribution in [0.2, 0.25) is 0 Å². The van der Waals surface area contributed by atoms with Gasteiger partial charge in [-0.3, -0.25) is 9.59 Å². The van der Waals surface area contributed by atoms with Gasteiger partial charge in [-0.25, -0.2) is 0 Å². The van der Waals surface area contributed by atoms with Crippen molar-refractivity contribution < 1.29 is 9.59 Å². The fourth-order valence-corrected chi connectivity index (χ4v) is 1.47. The van der Waals surface area contributed by atoms with Gasteiger partial charge < -0.3 is 16.4 Å². The molecule has 4 N–H and O–H groups in total. The molecule has 0 atom stereocenters. The minimum Gasteiger partial charge on any atom is -0.392 e. The number of rotatable bonds is 7. The molecule has 0 radical (unpaired) electrons. The van der Waals surface area contributed by atoms with Crippen molar-refractivity contribution in [3.8, 4) is 0 Å². The summed E-state index contributed by atoms with van der Waals surface area (Å²) in [6.07, 6.45) is 3.92. The lowest BCUT2D eigenvalue weighted by Crippen LogP contribution is -2.43. The lowest BCUT2D eigenvalue weighted by molar-refractivity contribution is -0.139. The second-order valence-electron chi connectivity index (χ2n) is 3.10. The molecular weight excluding hydrogens is 246 g/mol. The van der Waals surface area contributed by atoms with Crippen LogP contribution in [0, 0.1) is 0 Å². The molecule has 0 aliphatic heterocycles. The van der Waals surface area contributed by atoms with Gasteiger partial charge in [-0.1, -0.05) is 12.2 Å². The van der Waals surface area contributed by atoms with Gasteiger partial charge >= 0.3 is 11.8 Å². The zero-order chi connectivity index (χ0) is 12.4. The van der Waals surface area contributed by atoms with Crippen LogP contribution in [0.25, 0.3) is 0 Å². The van der Waals surface area contributed by atoms with Crippen LogP contribution in [0.4, 0.5) is 0 Å². The van der Waals surface area contributed by atoms with Crippen molar-refractivity contribution in [1.29, 1.82) is 0 Å². The van der Waals surface area contributed by atoms with Gasteiger partial charge in [-0.2, -0.15) is 11.8 Å². The van der Waals surface area contributed by atoms with Gasteiger partial charge in [-0.15, -0.1) is 0 Å². The van der Waals surface area contributed by atoms with Crippen molar-refractivity contribution in [2.75, 3.05) is 25.1 Å². The van der Waals surface area contributed by atoms with Crippen molar-refractivity contribution in [3.63, 3.8) is 0 Å². The van der Waals surface area contributed by atoms with E-state index >= 15 is 0 Å². The molecule has 0 unspecified atom stereocenters. The highest BCUT2D eigenvalue weighted by Crippen LogP contribution is 1.97. The molecule has 7 heteroatoms. The highest BCUT2D eigenvalue weighted by Gasteiger charge is 2.11. The van der Waals surface area contributed by atoms with Gasteiger partial charge in [0.15, 0.2) is 0 Å². The van der Waals surface area contributed by atoms with E-state index in [0.29, 0.717) is 6.54 Å². The van der Waals surface area contributed by atoms with E-state index in [1.165, 1.54) is 0 Å². The Morgan fingerprint density at radius 1 is 1.25 bits per heavy atom. The molecule has 0 aromatic rings. The molecule has 0 saturated heterocycles. The van der Waals surface area contributed by atoms with Crippen molar-refractivity contribution >= 4 is 40.8 Å². The summed E-state index contributed by atoms with van der Waals surface area (Å²) < 4.78 is 0. The molecule has 0 aliphatic rings. The maximum atomic E-state index is 11.2. The summed E-state index contributed by atoms with van der Waals surface area (Å²) in [7, 11) is 0. The van der Waals surface area contributed by atoms with E-state index in [0.717, 1.165) is 18.6 Å². The minimum atomic E-state index is -0.697. The van der Waals surface area contributed by atoms with Crippen LogP contribution in [0.3, 0.4) is 0 Å². The first-order chi connectivity index (χ1) is 7.57. The summed E-state index contributed by atoms with van der Waals surface area (Å²) in [5, 5.41) is 4.83. The summed E-state index contributed by atoms with van der Waals surface area (Å²) in [6, 6.07) is 0. The molecule has 0 bridgehead atoms.